The monoisotopic (exact) mass is 452 g/mol. The van der Waals surface area contributed by atoms with Gasteiger partial charge in [-0.3, -0.25) is 9.59 Å². The summed E-state index contributed by atoms with van der Waals surface area (Å²) in [5.74, 6) is -1.36. The third kappa shape index (κ3) is 6.60. The van der Waals surface area contributed by atoms with E-state index < -0.39 is 29.1 Å². The average molecular weight is 453 g/mol. The summed E-state index contributed by atoms with van der Waals surface area (Å²) < 4.78 is 10.3. The summed E-state index contributed by atoms with van der Waals surface area (Å²) in [4.78, 5) is 39.9. The zero-order chi connectivity index (χ0) is 23.6. The highest BCUT2D eigenvalue weighted by atomic mass is 35.5. The van der Waals surface area contributed by atoms with Gasteiger partial charge in [0.2, 0.25) is 5.91 Å². The first-order valence-electron chi connectivity index (χ1n) is 10.3. The van der Waals surface area contributed by atoms with Crippen molar-refractivity contribution >= 4 is 29.6 Å². The predicted octanol–water partition coefficient (Wildman–Crippen LogP) is 3.99. The Morgan fingerprint density at radius 1 is 1.06 bits per heavy atom. The molecule has 1 unspecified atom stereocenters. The largest absolute Gasteiger partial charge is 0.469 e. The molecule has 0 saturated carbocycles. The summed E-state index contributed by atoms with van der Waals surface area (Å²) in [6.45, 7) is 11.5. The maximum atomic E-state index is 13.5. The number of hydrogen-bond donors (Lipinski definition) is 1. The van der Waals surface area contributed by atoms with Crippen LogP contribution in [0.15, 0.2) is 24.3 Å². The molecule has 172 valence electrons. The van der Waals surface area contributed by atoms with Crippen molar-refractivity contribution in [3.8, 4) is 0 Å². The minimum atomic E-state index is -0.815. The van der Waals surface area contributed by atoms with Gasteiger partial charge >= 0.3 is 12.1 Å². The van der Waals surface area contributed by atoms with E-state index in [1.165, 1.54) is 7.11 Å². The topological polar surface area (TPSA) is 84.9 Å². The van der Waals surface area contributed by atoms with Gasteiger partial charge in [0.05, 0.1) is 13.0 Å². The molecule has 1 aromatic carbocycles. The first-order chi connectivity index (χ1) is 14.2. The van der Waals surface area contributed by atoms with Crippen LogP contribution in [0.3, 0.4) is 0 Å². The summed E-state index contributed by atoms with van der Waals surface area (Å²) in [6.07, 6.45) is -0.654. The third-order valence-corrected chi connectivity index (χ3v) is 5.46. The third-order valence-electron chi connectivity index (χ3n) is 5.21. The number of methoxy groups -OCH3 is 1. The van der Waals surface area contributed by atoms with Gasteiger partial charge in [-0.1, -0.05) is 44.5 Å². The van der Waals surface area contributed by atoms with E-state index in [1.54, 1.807) is 37.8 Å². The Balaban J connectivity index is 2.27. The lowest BCUT2D eigenvalue weighted by Gasteiger charge is -2.34. The second-order valence-corrected chi connectivity index (χ2v) is 10.4. The van der Waals surface area contributed by atoms with Gasteiger partial charge in [-0.25, -0.2) is 4.79 Å². The molecule has 0 spiro atoms. The zero-order valence-corrected chi connectivity index (χ0v) is 20.1. The number of nitrogens with one attached hydrogen (secondary N) is 1. The van der Waals surface area contributed by atoms with Gasteiger partial charge in [0.25, 0.3) is 0 Å². The van der Waals surface area contributed by atoms with E-state index >= 15 is 0 Å². The highest BCUT2D eigenvalue weighted by Crippen LogP contribution is 2.35. The number of likely N-dealkylation sites (tertiary alicyclic amines) is 1. The summed E-state index contributed by atoms with van der Waals surface area (Å²) in [5.41, 5.74) is -0.339. The number of rotatable bonds is 4. The van der Waals surface area contributed by atoms with Crippen LogP contribution in [0, 0.1) is 11.3 Å². The maximum absolute atomic E-state index is 13.5. The first-order valence-corrected chi connectivity index (χ1v) is 10.7. The molecule has 7 nitrogen and oxygen atoms in total. The molecule has 1 saturated heterocycles. The lowest BCUT2D eigenvalue weighted by Crippen LogP contribution is -2.55. The van der Waals surface area contributed by atoms with Gasteiger partial charge in [-0.15, -0.1) is 0 Å². The second-order valence-electron chi connectivity index (χ2n) is 9.98. The number of amides is 2. The lowest BCUT2D eigenvalue weighted by molar-refractivity contribution is -0.145. The molecule has 1 aliphatic rings. The highest BCUT2D eigenvalue weighted by molar-refractivity contribution is 6.30. The van der Waals surface area contributed by atoms with E-state index in [1.807, 2.05) is 32.9 Å². The van der Waals surface area contributed by atoms with Gasteiger partial charge in [0, 0.05) is 24.0 Å². The second kappa shape index (κ2) is 9.47. The molecule has 0 aromatic heterocycles. The van der Waals surface area contributed by atoms with Crippen LogP contribution in [-0.2, 0) is 19.1 Å². The number of nitrogens with zero attached hydrogens (tertiary/aromatic N) is 1. The normalized spacial score (nSPS) is 20.2. The van der Waals surface area contributed by atoms with Crippen LogP contribution in [0.2, 0.25) is 5.02 Å². The van der Waals surface area contributed by atoms with Crippen LogP contribution in [-0.4, -0.2) is 54.7 Å². The molecule has 2 rings (SSSR count). The van der Waals surface area contributed by atoms with E-state index in [-0.39, 0.29) is 24.3 Å². The van der Waals surface area contributed by atoms with E-state index in [0.29, 0.717) is 11.6 Å². The van der Waals surface area contributed by atoms with Crippen molar-refractivity contribution in [2.75, 3.05) is 20.2 Å². The van der Waals surface area contributed by atoms with E-state index in [9.17, 15) is 14.4 Å². The molecule has 1 fully saturated rings. The van der Waals surface area contributed by atoms with Gasteiger partial charge in [0.15, 0.2) is 0 Å². The number of benzene rings is 1. The standard InChI is InChI=1S/C23H33ClN2O5/c1-22(2,3)18(25-21(29)31-23(4,5)6)19(27)26-12-16(17(13-26)20(28)30-7)14-8-10-15(24)11-9-14/h8-11,16-18H,12-13H2,1-7H3,(H,25,29)/t16-,17+,18?/m0/s1. The minimum absolute atomic E-state index is 0.210. The summed E-state index contributed by atoms with van der Waals surface area (Å²) in [6, 6.07) is 6.42. The quantitative estimate of drug-likeness (QED) is 0.698. The number of carbonyl (C=O) groups is 3. The molecule has 0 radical (unpaired) electrons. The predicted molar refractivity (Wildman–Crippen MR) is 119 cm³/mol. The van der Waals surface area contributed by atoms with Crippen molar-refractivity contribution in [3.63, 3.8) is 0 Å². The van der Waals surface area contributed by atoms with Crippen LogP contribution in [0.1, 0.15) is 53.0 Å². The minimum Gasteiger partial charge on any atom is -0.469 e. The molecule has 1 N–H and O–H groups in total. The van der Waals surface area contributed by atoms with Crippen molar-refractivity contribution in [1.82, 2.24) is 10.2 Å². The number of carbonyl (C=O) groups excluding carboxylic acids is 3. The van der Waals surface area contributed by atoms with Gasteiger partial charge in [-0.05, 0) is 43.9 Å². The Labute approximate surface area is 189 Å². The van der Waals surface area contributed by atoms with Crippen molar-refractivity contribution < 1.29 is 23.9 Å². The van der Waals surface area contributed by atoms with Crippen LogP contribution >= 0.6 is 11.6 Å². The summed E-state index contributed by atoms with van der Waals surface area (Å²) in [7, 11) is 1.34. The molecule has 8 heteroatoms. The van der Waals surface area contributed by atoms with E-state index in [4.69, 9.17) is 21.1 Å². The Morgan fingerprint density at radius 3 is 2.13 bits per heavy atom. The van der Waals surface area contributed by atoms with Gasteiger partial charge in [0.1, 0.15) is 11.6 Å². The van der Waals surface area contributed by atoms with Crippen molar-refractivity contribution in [2.24, 2.45) is 11.3 Å². The molecule has 1 aliphatic heterocycles. The number of esters is 1. The molecular weight excluding hydrogens is 420 g/mol. The fraction of sp³-hybridized carbons (Fsp3) is 0.609. The smallest absolute Gasteiger partial charge is 0.408 e. The molecule has 1 aromatic rings. The van der Waals surface area contributed by atoms with Crippen LogP contribution in [0.4, 0.5) is 4.79 Å². The molecule has 1 heterocycles. The highest BCUT2D eigenvalue weighted by Gasteiger charge is 2.45. The SMILES string of the molecule is COC(=O)[C@@H]1CN(C(=O)C(NC(=O)OC(C)(C)C)C(C)(C)C)C[C@H]1c1ccc(Cl)cc1. The molecule has 2 amide bonds. The molecule has 3 atom stereocenters. The van der Waals surface area contributed by atoms with Crippen molar-refractivity contribution in [3.05, 3.63) is 34.9 Å². The fourth-order valence-electron chi connectivity index (χ4n) is 3.68. The molecule has 0 aliphatic carbocycles. The number of ether oxygens (including phenoxy) is 2. The Morgan fingerprint density at radius 2 is 1.65 bits per heavy atom. The lowest BCUT2D eigenvalue weighted by atomic mass is 9.86. The first kappa shape index (κ1) is 25.0. The van der Waals surface area contributed by atoms with Gasteiger partial charge in [-0.2, -0.15) is 0 Å². The van der Waals surface area contributed by atoms with Gasteiger partial charge < -0.3 is 19.7 Å². The Kier molecular flexibility index (Phi) is 7.63. The Hall–Kier alpha value is -2.28. The average Bonchev–Trinajstić information content (AvgIpc) is 3.08. The molecule has 0 bridgehead atoms. The number of hydrogen-bond acceptors (Lipinski definition) is 5. The summed E-state index contributed by atoms with van der Waals surface area (Å²) >= 11 is 6.00. The zero-order valence-electron chi connectivity index (χ0n) is 19.3. The van der Waals surface area contributed by atoms with E-state index in [2.05, 4.69) is 5.32 Å². The Bertz CT molecular complexity index is 811. The van der Waals surface area contributed by atoms with E-state index in [0.717, 1.165) is 5.56 Å². The maximum Gasteiger partial charge on any atom is 0.408 e. The van der Waals surface area contributed by atoms with Crippen molar-refractivity contribution in [1.29, 1.82) is 0 Å². The number of alkyl carbamates (subject to hydrolysis) is 1. The molecule has 31 heavy (non-hydrogen) atoms. The fourth-order valence-corrected chi connectivity index (χ4v) is 3.80. The van der Waals surface area contributed by atoms with Crippen LogP contribution in [0.5, 0.6) is 0 Å². The van der Waals surface area contributed by atoms with Crippen LogP contribution < -0.4 is 5.32 Å². The van der Waals surface area contributed by atoms with Crippen LogP contribution in [0.25, 0.3) is 0 Å². The number of halogens is 1. The van der Waals surface area contributed by atoms with Crippen molar-refractivity contribution in [2.45, 2.75) is 59.1 Å². The molecular formula is C23H33ClN2O5. The summed E-state index contributed by atoms with van der Waals surface area (Å²) in [5, 5.41) is 3.32.